The number of rotatable bonds is 0. The minimum absolute atomic E-state index is 0. The van der Waals surface area contributed by atoms with Crippen molar-refractivity contribution < 1.29 is 20.4 Å². The van der Waals surface area contributed by atoms with Crippen molar-refractivity contribution in [2.24, 2.45) is 0 Å². The second-order valence-electron chi connectivity index (χ2n) is 1.29. The van der Waals surface area contributed by atoms with Crippen LogP contribution >= 0.6 is 0 Å². The monoisotopic (exact) mass is 310 g/mol. The molecule has 0 saturated heterocycles. The van der Waals surface area contributed by atoms with Gasteiger partial charge in [0.25, 0.3) is 0 Å². The third-order valence-electron chi connectivity index (χ3n) is 0.652. The van der Waals surface area contributed by atoms with E-state index < -0.39 is 0 Å². The molecular weight excluding hydrogens is 298 g/mol. The van der Waals surface area contributed by atoms with Crippen molar-refractivity contribution in [1.82, 2.24) is 9.97 Å². The van der Waals surface area contributed by atoms with Gasteiger partial charge in [-0.05, 0) is 18.8 Å². The molecule has 0 aliphatic rings. The second-order valence-corrected chi connectivity index (χ2v) is 1.29. The molecule has 0 unspecified atom stereocenters. The Morgan fingerprint density at radius 1 is 1.40 bits per heavy atom. The van der Waals surface area contributed by atoms with E-state index in [2.05, 4.69) is 16.2 Å². The van der Waals surface area contributed by atoms with Crippen molar-refractivity contribution in [3.8, 4) is 0 Å². The molecular formula is C7H11N2Re-. The molecule has 0 aliphatic heterocycles. The van der Waals surface area contributed by atoms with E-state index in [-0.39, 0.29) is 20.4 Å². The van der Waals surface area contributed by atoms with E-state index in [0.29, 0.717) is 0 Å². The molecule has 0 bridgehead atoms. The SMILES string of the molecule is CC.Cc1cn[c-]cn1.[Re]. The molecule has 0 amide bonds. The Morgan fingerprint density at radius 3 is 2.20 bits per heavy atom. The number of hydrogen-bond acceptors (Lipinski definition) is 2. The molecule has 1 heterocycles. The van der Waals surface area contributed by atoms with Gasteiger partial charge in [0.2, 0.25) is 0 Å². The minimum Gasteiger partial charge on any atom is -0.456 e. The van der Waals surface area contributed by atoms with Crippen molar-refractivity contribution in [1.29, 1.82) is 0 Å². The van der Waals surface area contributed by atoms with Crippen LogP contribution in [0.4, 0.5) is 0 Å². The molecule has 57 valence electrons. The summed E-state index contributed by atoms with van der Waals surface area (Å²) in [5.74, 6) is 0. The van der Waals surface area contributed by atoms with Crippen LogP contribution in [-0.4, -0.2) is 9.97 Å². The van der Waals surface area contributed by atoms with Crippen molar-refractivity contribution >= 4 is 0 Å². The van der Waals surface area contributed by atoms with Crippen LogP contribution in [0.3, 0.4) is 0 Å². The zero-order chi connectivity index (χ0) is 7.11. The number of nitrogens with zero attached hydrogens (tertiary/aromatic N) is 2. The van der Waals surface area contributed by atoms with E-state index in [9.17, 15) is 0 Å². The Morgan fingerprint density at radius 2 is 2.00 bits per heavy atom. The summed E-state index contributed by atoms with van der Waals surface area (Å²) in [6.07, 6.45) is 5.79. The average Bonchev–Trinajstić information content (AvgIpc) is 1.94. The topological polar surface area (TPSA) is 25.8 Å². The third-order valence-corrected chi connectivity index (χ3v) is 0.652. The first-order chi connectivity index (χ1) is 4.39. The van der Waals surface area contributed by atoms with Gasteiger partial charge in [0.1, 0.15) is 0 Å². The number of hydrogen-bond donors (Lipinski definition) is 0. The second kappa shape index (κ2) is 8.74. The van der Waals surface area contributed by atoms with E-state index >= 15 is 0 Å². The van der Waals surface area contributed by atoms with Crippen LogP contribution in [0, 0.1) is 13.1 Å². The maximum atomic E-state index is 3.86. The molecule has 0 aliphatic carbocycles. The Balaban J connectivity index is 0. The molecule has 0 fully saturated rings. The molecule has 1 aromatic rings. The summed E-state index contributed by atoms with van der Waals surface area (Å²) in [5.41, 5.74) is 0.929. The fraction of sp³-hybridized carbons (Fsp3) is 0.429. The van der Waals surface area contributed by atoms with Crippen molar-refractivity contribution in [2.45, 2.75) is 20.8 Å². The molecule has 0 N–H and O–H groups in total. The summed E-state index contributed by atoms with van der Waals surface area (Å²) in [5, 5.41) is 0. The zero-order valence-corrected chi connectivity index (χ0v) is 9.14. The van der Waals surface area contributed by atoms with Gasteiger partial charge in [0.05, 0.1) is 0 Å². The van der Waals surface area contributed by atoms with Crippen molar-refractivity contribution in [3.05, 3.63) is 24.3 Å². The van der Waals surface area contributed by atoms with Crippen LogP contribution in [0.15, 0.2) is 12.4 Å². The van der Waals surface area contributed by atoms with Crippen LogP contribution in [0.25, 0.3) is 0 Å². The van der Waals surface area contributed by atoms with Gasteiger partial charge in [-0.2, -0.15) is 0 Å². The van der Waals surface area contributed by atoms with Gasteiger partial charge in [-0.3, -0.25) is 4.98 Å². The van der Waals surface area contributed by atoms with E-state index in [4.69, 9.17) is 0 Å². The Kier molecular flexibility index (Phi) is 10.9. The molecule has 2 nitrogen and oxygen atoms in total. The summed E-state index contributed by atoms with van der Waals surface area (Å²) in [6.45, 7) is 5.89. The fourth-order valence-corrected chi connectivity index (χ4v) is 0.328. The van der Waals surface area contributed by atoms with Gasteiger partial charge in [-0.25, -0.2) is 0 Å². The summed E-state index contributed by atoms with van der Waals surface area (Å²) in [4.78, 5) is 7.56. The van der Waals surface area contributed by atoms with Crippen LogP contribution in [0.5, 0.6) is 0 Å². The maximum Gasteiger partial charge on any atom is 0 e. The van der Waals surface area contributed by atoms with Gasteiger partial charge in [0.15, 0.2) is 0 Å². The van der Waals surface area contributed by atoms with Crippen molar-refractivity contribution in [3.63, 3.8) is 0 Å². The number of aryl methyl sites for hydroxylation is 1. The normalized spacial score (nSPS) is 6.70. The zero-order valence-electron chi connectivity index (χ0n) is 6.43. The number of aromatic nitrogens is 2. The van der Waals surface area contributed by atoms with Crippen molar-refractivity contribution in [2.75, 3.05) is 0 Å². The Labute approximate surface area is 75.8 Å². The van der Waals surface area contributed by atoms with Crippen LogP contribution < -0.4 is 0 Å². The summed E-state index contributed by atoms with van der Waals surface area (Å²) >= 11 is 0. The summed E-state index contributed by atoms with van der Waals surface area (Å²) < 4.78 is 0. The molecule has 1 rings (SSSR count). The fourth-order valence-electron chi connectivity index (χ4n) is 0.328. The average molecular weight is 309 g/mol. The largest absolute Gasteiger partial charge is 0.456 e. The maximum absolute atomic E-state index is 3.86. The smallest absolute Gasteiger partial charge is 0 e. The van der Waals surface area contributed by atoms with E-state index in [1.54, 1.807) is 12.4 Å². The van der Waals surface area contributed by atoms with Gasteiger partial charge >= 0.3 is 0 Å². The molecule has 0 atom stereocenters. The standard InChI is InChI=1S/C5H5N2.C2H6.Re/c1-5-4-6-2-3-7-5;1-2;/h3-4H,1H3;1-2H3;/q-1;;. The molecule has 0 spiro atoms. The van der Waals surface area contributed by atoms with Gasteiger partial charge in [-0.1, -0.05) is 13.8 Å². The van der Waals surface area contributed by atoms with Crippen LogP contribution in [-0.2, 0) is 20.4 Å². The first-order valence-corrected chi connectivity index (χ1v) is 3.04. The molecule has 1 radical (unpaired) electrons. The summed E-state index contributed by atoms with van der Waals surface area (Å²) in [6, 6.07) is 0. The van der Waals surface area contributed by atoms with Crippen LogP contribution in [0.1, 0.15) is 19.5 Å². The Hall–Kier alpha value is -0.258. The van der Waals surface area contributed by atoms with E-state index in [0.717, 1.165) is 5.69 Å². The summed E-state index contributed by atoms with van der Waals surface area (Å²) in [7, 11) is 0. The van der Waals surface area contributed by atoms with Crippen LogP contribution in [0.2, 0.25) is 0 Å². The predicted molar refractivity (Wildman–Crippen MR) is 37.0 cm³/mol. The van der Waals surface area contributed by atoms with Gasteiger partial charge in [-0.15, -0.1) is 12.4 Å². The van der Waals surface area contributed by atoms with Gasteiger partial charge in [0, 0.05) is 20.4 Å². The third kappa shape index (κ3) is 5.87. The van der Waals surface area contributed by atoms with Gasteiger partial charge < -0.3 is 4.98 Å². The van der Waals surface area contributed by atoms with E-state index in [1.807, 2.05) is 20.8 Å². The molecule has 3 heteroatoms. The minimum atomic E-state index is 0. The molecule has 0 saturated carbocycles. The first-order valence-electron chi connectivity index (χ1n) is 3.04. The Bertz CT molecular complexity index is 142. The molecule has 10 heavy (non-hydrogen) atoms. The quantitative estimate of drug-likeness (QED) is 0.681. The first kappa shape index (κ1) is 12.4. The van der Waals surface area contributed by atoms with E-state index in [1.165, 1.54) is 0 Å². The molecule has 0 aromatic carbocycles. The molecule has 1 aromatic heterocycles. The predicted octanol–water partition coefficient (Wildman–Crippen LogP) is 1.61.